The molecule has 1 aliphatic heterocycles. The molecule has 80 valence electrons. The average Bonchev–Trinajstić information content (AvgIpc) is 2.54. The van der Waals surface area contributed by atoms with E-state index in [4.69, 9.17) is 5.73 Å². The second-order valence-electron chi connectivity index (χ2n) is 4.88. The summed E-state index contributed by atoms with van der Waals surface area (Å²) in [5, 5.41) is 0. The highest BCUT2D eigenvalue weighted by atomic mass is 15.1. The molecular formula is C13H18N2. The van der Waals surface area contributed by atoms with Crippen LogP contribution in [-0.2, 0) is 6.42 Å². The summed E-state index contributed by atoms with van der Waals surface area (Å²) in [6.07, 6.45) is 5.48. The predicted molar refractivity (Wildman–Crippen MR) is 64.1 cm³/mol. The van der Waals surface area contributed by atoms with Crippen LogP contribution in [0.5, 0.6) is 0 Å². The van der Waals surface area contributed by atoms with E-state index in [9.17, 15) is 0 Å². The lowest BCUT2D eigenvalue weighted by molar-refractivity contribution is 0.319. The van der Waals surface area contributed by atoms with Gasteiger partial charge in [0.05, 0.1) is 0 Å². The van der Waals surface area contributed by atoms with Crippen LogP contribution in [0.4, 0.5) is 11.4 Å². The lowest BCUT2D eigenvalue weighted by atomic mass is 9.85. The molecule has 2 N–H and O–H groups in total. The molecule has 1 fully saturated rings. The molecule has 2 nitrogen and oxygen atoms in total. The predicted octanol–water partition coefficient (Wildman–Crippen LogP) is 2.43. The van der Waals surface area contributed by atoms with Crippen LogP contribution in [0.2, 0.25) is 0 Å². The number of nitrogens with zero attached hydrogens (tertiary/aromatic N) is 1. The Morgan fingerprint density at radius 2 is 2.20 bits per heavy atom. The zero-order chi connectivity index (χ0) is 10.3. The first kappa shape index (κ1) is 9.08. The van der Waals surface area contributed by atoms with Crippen molar-refractivity contribution in [1.29, 1.82) is 0 Å². The third-order valence-corrected chi connectivity index (χ3v) is 3.80. The van der Waals surface area contributed by atoms with Crippen molar-refractivity contribution in [3.8, 4) is 0 Å². The van der Waals surface area contributed by atoms with E-state index >= 15 is 0 Å². The van der Waals surface area contributed by atoms with Gasteiger partial charge in [0.15, 0.2) is 0 Å². The van der Waals surface area contributed by atoms with Crippen LogP contribution in [0.1, 0.15) is 24.8 Å². The fourth-order valence-electron chi connectivity index (χ4n) is 2.64. The highest BCUT2D eigenvalue weighted by Gasteiger charge is 2.25. The molecule has 1 aromatic carbocycles. The van der Waals surface area contributed by atoms with E-state index in [2.05, 4.69) is 17.0 Å². The molecule has 0 atom stereocenters. The maximum Gasteiger partial charge on any atom is 0.0420 e. The van der Waals surface area contributed by atoms with Crippen molar-refractivity contribution in [1.82, 2.24) is 0 Å². The van der Waals surface area contributed by atoms with Gasteiger partial charge in [-0.1, -0.05) is 12.5 Å². The minimum absolute atomic E-state index is 0.897. The summed E-state index contributed by atoms with van der Waals surface area (Å²) in [5.41, 5.74) is 9.61. The lowest BCUT2D eigenvalue weighted by Gasteiger charge is -2.31. The number of rotatable bonds is 2. The van der Waals surface area contributed by atoms with Crippen LogP contribution in [0.3, 0.4) is 0 Å². The van der Waals surface area contributed by atoms with E-state index in [1.807, 2.05) is 6.07 Å². The van der Waals surface area contributed by atoms with E-state index in [0.717, 1.165) is 11.6 Å². The first-order chi connectivity index (χ1) is 7.33. The molecule has 15 heavy (non-hydrogen) atoms. The number of hydrogen-bond acceptors (Lipinski definition) is 2. The monoisotopic (exact) mass is 202 g/mol. The first-order valence-corrected chi connectivity index (χ1v) is 5.96. The van der Waals surface area contributed by atoms with Gasteiger partial charge in [-0.25, -0.2) is 0 Å². The van der Waals surface area contributed by atoms with Crippen LogP contribution in [0.25, 0.3) is 0 Å². The van der Waals surface area contributed by atoms with Crippen LogP contribution in [0, 0.1) is 5.92 Å². The van der Waals surface area contributed by atoms with Crippen LogP contribution in [-0.4, -0.2) is 13.1 Å². The second-order valence-corrected chi connectivity index (χ2v) is 4.88. The highest BCUT2D eigenvalue weighted by molar-refractivity contribution is 5.64. The van der Waals surface area contributed by atoms with Crippen molar-refractivity contribution in [3.63, 3.8) is 0 Å². The molecule has 1 aliphatic carbocycles. The summed E-state index contributed by atoms with van der Waals surface area (Å²) >= 11 is 0. The SMILES string of the molecule is Nc1ccc2c(c1)N(CC1CCC1)CC2. The molecule has 2 aliphatic rings. The maximum absolute atomic E-state index is 5.84. The Bertz CT molecular complexity index is 369. The zero-order valence-corrected chi connectivity index (χ0v) is 9.08. The summed E-state index contributed by atoms with van der Waals surface area (Å²) < 4.78 is 0. The Kier molecular flexibility index (Phi) is 2.08. The number of benzene rings is 1. The Morgan fingerprint density at radius 3 is 2.93 bits per heavy atom. The van der Waals surface area contributed by atoms with Gasteiger partial charge in [0.1, 0.15) is 0 Å². The largest absolute Gasteiger partial charge is 0.399 e. The molecule has 2 heteroatoms. The van der Waals surface area contributed by atoms with Crippen molar-refractivity contribution in [2.45, 2.75) is 25.7 Å². The normalized spacial score (nSPS) is 20.1. The smallest absolute Gasteiger partial charge is 0.0420 e. The maximum atomic E-state index is 5.84. The van der Waals surface area contributed by atoms with E-state index in [-0.39, 0.29) is 0 Å². The molecule has 0 saturated heterocycles. The zero-order valence-electron chi connectivity index (χ0n) is 9.08. The third kappa shape index (κ3) is 1.58. The third-order valence-electron chi connectivity index (χ3n) is 3.80. The van der Waals surface area contributed by atoms with Gasteiger partial charge in [-0.05, 0) is 42.9 Å². The fraction of sp³-hybridized carbons (Fsp3) is 0.538. The molecule has 0 spiro atoms. The average molecular weight is 202 g/mol. The van der Waals surface area contributed by atoms with Crippen molar-refractivity contribution >= 4 is 11.4 Å². The molecular weight excluding hydrogens is 184 g/mol. The van der Waals surface area contributed by atoms with Crippen LogP contribution in [0.15, 0.2) is 18.2 Å². The number of fused-ring (bicyclic) bond motifs is 1. The van der Waals surface area contributed by atoms with Crippen molar-refractivity contribution in [2.24, 2.45) is 5.92 Å². The van der Waals surface area contributed by atoms with Gasteiger partial charge in [-0.3, -0.25) is 0 Å². The van der Waals surface area contributed by atoms with Crippen molar-refractivity contribution in [3.05, 3.63) is 23.8 Å². The highest BCUT2D eigenvalue weighted by Crippen LogP contribution is 2.34. The lowest BCUT2D eigenvalue weighted by Crippen LogP contribution is -2.31. The van der Waals surface area contributed by atoms with Crippen molar-refractivity contribution < 1.29 is 0 Å². The number of anilines is 2. The van der Waals surface area contributed by atoms with Crippen LogP contribution < -0.4 is 10.6 Å². The minimum Gasteiger partial charge on any atom is -0.399 e. The van der Waals surface area contributed by atoms with E-state index in [1.165, 1.54) is 50.0 Å². The molecule has 0 aromatic heterocycles. The van der Waals surface area contributed by atoms with Gasteiger partial charge in [0, 0.05) is 24.5 Å². The Labute approximate surface area is 91.1 Å². The summed E-state index contributed by atoms with van der Waals surface area (Å²) in [6.45, 7) is 2.44. The fourth-order valence-corrected chi connectivity index (χ4v) is 2.64. The molecule has 0 bridgehead atoms. The summed E-state index contributed by atoms with van der Waals surface area (Å²) in [7, 11) is 0. The molecule has 0 radical (unpaired) electrons. The molecule has 1 saturated carbocycles. The summed E-state index contributed by atoms with van der Waals surface area (Å²) in [5.74, 6) is 0.942. The summed E-state index contributed by atoms with van der Waals surface area (Å²) in [6, 6.07) is 6.35. The quantitative estimate of drug-likeness (QED) is 0.746. The van der Waals surface area contributed by atoms with Gasteiger partial charge in [0.2, 0.25) is 0 Å². The first-order valence-electron chi connectivity index (χ1n) is 5.96. The molecule has 1 heterocycles. The van der Waals surface area contributed by atoms with Gasteiger partial charge < -0.3 is 10.6 Å². The topological polar surface area (TPSA) is 29.3 Å². The van der Waals surface area contributed by atoms with Gasteiger partial charge in [-0.15, -0.1) is 0 Å². The number of nitrogens with two attached hydrogens (primary N) is 1. The van der Waals surface area contributed by atoms with E-state index in [0.29, 0.717) is 0 Å². The minimum atomic E-state index is 0.897. The standard InChI is InChI=1S/C13H18N2/c14-12-5-4-11-6-7-15(13(11)8-12)9-10-2-1-3-10/h4-5,8,10H,1-3,6-7,9,14H2. The number of hydrogen-bond donors (Lipinski definition) is 1. The summed E-state index contributed by atoms with van der Waals surface area (Å²) in [4.78, 5) is 2.52. The van der Waals surface area contributed by atoms with Gasteiger partial charge in [-0.2, -0.15) is 0 Å². The molecule has 3 rings (SSSR count). The Morgan fingerprint density at radius 1 is 1.33 bits per heavy atom. The number of nitrogen functional groups attached to an aromatic ring is 1. The van der Waals surface area contributed by atoms with Crippen molar-refractivity contribution in [2.75, 3.05) is 23.7 Å². The molecule has 0 unspecified atom stereocenters. The van der Waals surface area contributed by atoms with Gasteiger partial charge >= 0.3 is 0 Å². The van der Waals surface area contributed by atoms with E-state index < -0.39 is 0 Å². The molecule has 0 amide bonds. The Hall–Kier alpha value is -1.18. The van der Waals surface area contributed by atoms with Crippen LogP contribution >= 0.6 is 0 Å². The molecule has 1 aromatic rings. The van der Waals surface area contributed by atoms with Gasteiger partial charge in [0.25, 0.3) is 0 Å². The van der Waals surface area contributed by atoms with E-state index in [1.54, 1.807) is 0 Å². The second kappa shape index (κ2) is 3.44. The Balaban J connectivity index is 1.80.